The first-order chi connectivity index (χ1) is 19.5. The lowest BCUT2D eigenvalue weighted by molar-refractivity contribution is -0.137. The van der Waals surface area contributed by atoms with Crippen LogP contribution in [0.15, 0.2) is 67.1 Å². The Morgan fingerprint density at radius 2 is 1.73 bits per heavy atom. The summed E-state index contributed by atoms with van der Waals surface area (Å²) in [6.45, 7) is 0.963. The van der Waals surface area contributed by atoms with E-state index in [1.807, 2.05) is 0 Å². The van der Waals surface area contributed by atoms with Crippen LogP contribution in [0.2, 0.25) is 5.02 Å². The highest BCUT2D eigenvalue weighted by Gasteiger charge is 2.33. The number of rotatable bonds is 11. The third-order valence-electron chi connectivity index (χ3n) is 5.78. The van der Waals surface area contributed by atoms with E-state index in [0.717, 1.165) is 16.1 Å². The van der Waals surface area contributed by atoms with Gasteiger partial charge in [-0.2, -0.15) is 26.3 Å². The van der Waals surface area contributed by atoms with Gasteiger partial charge < -0.3 is 20.1 Å². The van der Waals surface area contributed by atoms with Crippen LogP contribution < -0.4 is 15.4 Å². The molecule has 0 spiro atoms. The monoisotopic (exact) mass is 611 g/mol. The van der Waals surface area contributed by atoms with Crippen molar-refractivity contribution < 1.29 is 35.9 Å². The number of anilines is 2. The predicted molar refractivity (Wildman–Crippen MR) is 149 cm³/mol. The average molecular weight is 612 g/mol. The van der Waals surface area contributed by atoms with Gasteiger partial charge in [0.15, 0.2) is 0 Å². The number of hydrogen-bond acceptors (Lipinski definition) is 6. The van der Waals surface area contributed by atoms with Gasteiger partial charge in [-0.1, -0.05) is 23.7 Å². The number of carbonyl (C=O) groups is 1. The number of carbonyl (C=O) groups excluding carboxylic acids is 1. The molecule has 0 bridgehead atoms. The maximum Gasteiger partial charge on any atom is 0.417 e. The Balaban J connectivity index is 1.48. The van der Waals surface area contributed by atoms with Gasteiger partial charge in [-0.25, -0.2) is 8.77 Å². The fourth-order valence-electron chi connectivity index (χ4n) is 3.88. The van der Waals surface area contributed by atoms with Gasteiger partial charge in [0.25, 0.3) is 0 Å². The Bertz CT molecular complexity index is 1630. The number of pyridine rings is 1. The first-order valence-corrected chi connectivity index (χ1v) is 13.9. The molecule has 0 saturated carbocycles. The van der Waals surface area contributed by atoms with Crippen molar-refractivity contribution in [1.82, 2.24) is 13.7 Å². The number of alkyl halides is 3. The predicted octanol–water partition coefficient (Wildman–Crippen LogP) is 5.37. The van der Waals surface area contributed by atoms with Crippen molar-refractivity contribution in [3.63, 3.8) is 0 Å². The molecule has 0 radical (unpaired) electrons. The topological polar surface area (TPSA) is 124 Å². The van der Waals surface area contributed by atoms with E-state index >= 15 is 0 Å². The first kappa shape index (κ1) is 30.3. The number of ether oxygens (including phenoxy) is 2. The van der Waals surface area contributed by atoms with Gasteiger partial charge in [-0.3, -0.25) is 4.98 Å². The third-order valence-corrected chi connectivity index (χ3v) is 7.50. The molecule has 4 rings (SSSR count). The first-order valence-electron chi connectivity index (χ1n) is 12.1. The van der Waals surface area contributed by atoms with E-state index in [0.29, 0.717) is 40.9 Å². The lowest BCUT2D eigenvalue weighted by atomic mass is 10.1. The Morgan fingerprint density at radius 1 is 1.02 bits per heavy atom. The van der Waals surface area contributed by atoms with Crippen molar-refractivity contribution in [3.8, 4) is 11.1 Å². The molecular weight excluding hydrogens is 587 g/mol. The van der Waals surface area contributed by atoms with E-state index in [1.54, 1.807) is 36.5 Å². The van der Waals surface area contributed by atoms with Crippen molar-refractivity contribution in [2.24, 2.45) is 0 Å². The van der Waals surface area contributed by atoms with Gasteiger partial charge in [-0.05, 0) is 42.0 Å². The summed E-state index contributed by atoms with van der Waals surface area (Å²) in [6, 6.07) is 10.3. The fraction of sp³-hybridized carbons (Fsp3) is 0.231. The number of nitrogens with one attached hydrogen (secondary N) is 3. The summed E-state index contributed by atoms with van der Waals surface area (Å²) in [5.41, 5.74) is 0.812. The second-order valence-electron chi connectivity index (χ2n) is 8.58. The van der Waals surface area contributed by atoms with Gasteiger partial charge in [0.1, 0.15) is 0 Å². The molecule has 2 aromatic carbocycles. The lowest BCUT2D eigenvalue weighted by Gasteiger charge is -2.12. The zero-order chi connectivity index (χ0) is 29.6. The highest BCUT2D eigenvalue weighted by Crippen LogP contribution is 2.36. The standard InChI is InChI=1S/C26H25ClF3N5O5S/c1-39-12-13-40-11-10-32-41(37,38)35-16-21(20-15-31-9-8-24(20)35)17-2-4-18(5-3-17)33-25(36)34-19-6-7-23(27)22(14-19)26(28,29)30/h2-9,14-16,32H,10-13H2,1H3,(H2,33,34,36). The maximum atomic E-state index is 13.1. The Morgan fingerprint density at radius 3 is 2.44 bits per heavy atom. The number of halogens is 4. The molecule has 4 aromatic rings. The van der Waals surface area contributed by atoms with Crippen LogP contribution in [0.4, 0.5) is 29.3 Å². The van der Waals surface area contributed by atoms with Crippen LogP contribution in [0.5, 0.6) is 0 Å². The molecule has 0 unspecified atom stereocenters. The molecule has 41 heavy (non-hydrogen) atoms. The number of hydrogen-bond donors (Lipinski definition) is 3. The summed E-state index contributed by atoms with van der Waals surface area (Å²) in [4.78, 5) is 16.5. The van der Waals surface area contributed by atoms with Gasteiger partial charge in [-0.15, -0.1) is 0 Å². The Labute approximate surface area is 238 Å². The number of urea groups is 1. The lowest BCUT2D eigenvalue weighted by Crippen LogP contribution is -2.32. The molecule has 0 aliphatic carbocycles. The molecule has 0 atom stereocenters. The molecule has 0 aliphatic rings. The summed E-state index contributed by atoms with van der Waals surface area (Å²) >= 11 is 5.62. The highest BCUT2D eigenvalue weighted by atomic mass is 35.5. The van der Waals surface area contributed by atoms with Gasteiger partial charge >= 0.3 is 22.4 Å². The largest absolute Gasteiger partial charge is 0.417 e. The molecule has 0 saturated heterocycles. The van der Waals surface area contributed by atoms with E-state index in [9.17, 15) is 26.4 Å². The minimum atomic E-state index is -4.67. The normalized spacial score (nSPS) is 12.0. The number of aromatic nitrogens is 2. The summed E-state index contributed by atoms with van der Waals surface area (Å²) in [6.07, 6.45) is -0.177. The minimum absolute atomic E-state index is 0.0576. The zero-order valence-electron chi connectivity index (χ0n) is 21.5. The van der Waals surface area contributed by atoms with Crippen LogP contribution >= 0.6 is 11.6 Å². The molecule has 0 fully saturated rings. The van der Waals surface area contributed by atoms with Crippen molar-refractivity contribution in [2.75, 3.05) is 44.1 Å². The summed E-state index contributed by atoms with van der Waals surface area (Å²) in [7, 11) is -2.41. The van der Waals surface area contributed by atoms with E-state index in [4.69, 9.17) is 21.1 Å². The molecule has 0 aliphatic heterocycles. The van der Waals surface area contributed by atoms with Crippen LogP contribution in [0.1, 0.15) is 5.56 Å². The number of benzene rings is 2. The quantitative estimate of drug-likeness (QED) is 0.196. The summed E-state index contributed by atoms with van der Waals surface area (Å²) < 4.78 is 79.2. The van der Waals surface area contributed by atoms with Crippen LogP contribution in [-0.4, -0.2) is 56.9 Å². The van der Waals surface area contributed by atoms with E-state index < -0.39 is 33.0 Å². The van der Waals surface area contributed by atoms with Crippen molar-refractivity contribution in [3.05, 3.63) is 77.7 Å². The molecule has 3 N–H and O–H groups in total. The Hall–Kier alpha value is -3.69. The summed E-state index contributed by atoms with van der Waals surface area (Å²) in [5, 5.41) is 4.98. The third kappa shape index (κ3) is 7.54. The molecule has 2 amide bonds. The fourth-order valence-corrected chi connectivity index (χ4v) is 5.24. The second kappa shape index (κ2) is 12.9. The van der Waals surface area contributed by atoms with Crippen molar-refractivity contribution in [1.29, 1.82) is 0 Å². The van der Waals surface area contributed by atoms with E-state index in [-0.39, 0.29) is 18.8 Å². The molecule has 2 heterocycles. The molecular formula is C26H25ClF3N5O5S. The summed E-state index contributed by atoms with van der Waals surface area (Å²) in [5.74, 6) is 0. The molecule has 15 heteroatoms. The molecule has 2 aromatic heterocycles. The number of nitrogens with zero attached hydrogens (tertiary/aromatic N) is 2. The average Bonchev–Trinajstić information content (AvgIpc) is 3.32. The second-order valence-corrected chi connectivity index (χ2v) is 10.6. The van der Waals surface area contributed by atoms with E-state index in [1.165, 1.54) is 25.6 Å². The minimum Gasteiger partial charge on any atom is -0.382 e. The maximum absolute atomic E-state index is 13.1. The number of fused-ring (bicyclic) bond motifs is 1. The van der Waals surface area contributed by atoms with Gasteiger partial charge in [0.2, 0.25) is 0 Å². The van der Waals surface area contributed by atoms with Gasteiger partial charge in [0.05, 0.1) is 35.9 Å². The Kier molecular flexibility index (Phi) is 9.50. The number of amides is 2. The smallest absolute Gasteiger partial charge is 0.382 e. The van der Waals surface area contributed by atoms with Crippen LogP contribution in [0.25, 0.3) is 22.0 Å². The number of methoxy groups -OCH3 is 1. The van der Waals surface area contributed by atoms with Crippen molar-refractivity contribution >= 4 is 50.1 Å². The van der Waals surface area contributed by atoms with Crippen LogP contribution in [-0.2, 0) is 25.9 Å². The SMILES string of the molecule is COCCOCCNS(=O)(=O)n1cc(-c2ccc(NC(=O)Nc3ccc(Cl)c(C(F)(F)F)c3)cc2)c2cnccc21. The highest BCUT2D eigenvalue weighted by molar-refractivity contribution is 7.88. The van der Waals surface area contributed by atoms with Crippen molar-refractivity contribution in [2.45, 2.75) is 6.18 Å². The van der Waals surface area contributed by atoms with Crippen LogP contribution in [0.3, 0.4) is 0 Å². The molecule has 10 nitrogen and oxygen atoms in total. The van der Waals surface area contributed by atoms with Gasteiger partial charge in [0, 0.05) is 54.6 Å². The van der Waals surface area contributed by atoms with E-state index in [2.05, 4.69) is 20.3 Å². The molecule has 218 valence electrons. The van der Waals surface area contributed by atoms with Crippen LogP contribution in [0, 0.1) is 0 Å². The zero-order valence-corrected chi connectivity index (χ0v) is 23.1.